The molecule has 1 atom stereocenters. The molecule has 1 N–H and O–H groups in total. The quantitative estimate of drug-likeness (QED) is 0.226. The molecule has 0 fully saturated rings. The van der Waals surface area contributed by atoms with Gasteiger partial charge in [-0.3, -0.25) is 19.5 Å². The average molecular weight is 588 g/mol. The highest BCUT2D eigenvalue weighted by Crippen LogP contribution is 2.38. The summed E-state index contributed by atoms with van der Waals surface area (Å²) in [7, 11) is 2.73. The molecule has 2 aromatic carbocycles. The molecule has 0 aliphatic carbocycles. The zero-order chi connectivity index (χ0) is 29.1. The number of thiazole rings is 1. The summed E-state index contributed by atoms with van der Waals surface area (Å²) in [4.78, 5) is 43.1. The van der Waals surface area contributed by atoms with E-state index in [1.807, 2.05) is 6.92 Å². The number of carbonyl (C=O) groups excluding carboxylic acids is 1. The van der Waals surface area contributed by atoms with Crippen LogP contribution in [-0.2, 0) is 9.53 Å². The van der Waals surface area contributed by atoms with E-state index in [2.05, 4.69) is 4.99 Å². The molecule has 1 aromatic heterocycles. The monoisotopic (exact) mass is 587 g/mol. The fourth-order valence-electron chi connectivity index (χ4n) is 4.46. The van der Waals surface area contributed by atoms with E-state index in [1.54, 1.807) is 25.1 Å². The van der Waals surface area contributed by atoms with Gasteiger partial charge < -0.3 is 19.3 Å². The Hall–Kier alpha value is -4.16. The molecule has 0 amide bonds. The number of aromatic nitrogens is 1. The first-order valence-corrected chi connectivity index (χ1v) is 13.4. The number of benzene rings is 2. The molecule has 210 valence electrons. The first-order valence-electron chi connectivity index (χ1n) is 12.3. The first kappa shape index (κ1) is 28.8. The standard InChI is InChI=1S/C27H26ClN3O8S/c1-5-7-18-22(26(34)39-6-2)23(17-12-15(28)8-9-19(17)37-3)30-25(33)21(40-27(30)29-18)11-14-10-16(31(35)36)13-20(38-4)24(14)32/h8-13,23,32H,5-7H2,1-4H3/b21-11-/t23-/m0/s1. The number of fused-ring (bicyclic) bond motifs is 1. The van der Waals surface area contributed by atoms with Crippen molar-refractivity contribution in [3.05, 3.63) is 87.6 Å². The van der Waals surface area contributed by atoms with Crippen LogP contribution in [0.3, 0.4) is 0 Å². The number of nitrogens with zero attached hydrogens (tertiary/aromatic N) is 3. The molecular formula is C27H26ClN3O8S. The van der Waals surface area contributed by atoms with Crippen LogP contribution >= 0.6 is 22.9 Å². The highest BCUT2D eigenvalue weighted by Gasteiger charge is 2.36. The summed E-state index contributed by atoms with van der Waals surface area (Å²) in [6, 6.07) is 6.13. The van der Waals surface area contributed by atoms with Crippen LogP contribution in [0.5, 0.6) is 17.2 Å². The van der Waals surface area contributed by atoms with Gasteiger partial charge in [0, 0.05) is 22.2 Å². The lowest BCUT2D eigenvalue weighted by molar-refractivity contribution is -0.385. The zero-order valence-electron chi connectivity index (χ0n) is 22.1. The second kappa shape index (κ2) is 11.9. The van der Waals surface area contributed by atoms with Crippen LogP contribution in [0.4, 0.5) is 5.69 Å². The van der Waals surface area contributed by atoms with E-state index in [4.69, 9.17) is 25.8 Å². The number of hydrogen-bond acceptors (Lipinski definition) is 10. The van der Waals surface area contributed by atoms with Crippen molar-refractivity contribution in [3.8, 4) is 17.2 Å². The van der Waals surface area contributed by atoms with Crippen LogP contribution < -0.4 is 24.4 Å². The van der Waals surface area contributed by atoms with Gasteiger partial charge in [0.1, 0.15) is 11.8 Å². The van der Waals surface area contributed by atoms with E-state index in [0.29, 0.717) is 34.9 Å². The Kier molecular flexibility index (Phi) is 8.60. The molecule has 40 heavy (non-hydrogen) atoms. The number of aromatic hydroxyl groups is 1. The number of phenolic OH excluding ortho intramolecular Hbond substituents is 1. The van der Waals surface area contributed by atoms with Crippen molar-refractivity contribution in [3.63, 3.8) is 0 Å². The summed E-state index contributed by atoms with van der Waals surface area (Å²) >= 11 is 7.36. The highest BCUT2D eigenvalue weighted by atomic mass is 35.5. The van der Waals surface area contributed by atoms with Gasteiger partial charge in [-0.15, -0.1) is 0 Å². The number of non-ortho nitro benzene ring substituents is 1. The number of halogens is 1. The van der Waals surface area contributed by atoms with Gasteiger partial charge in [-0.1, -0.05) is 36.3 Å². The number of phenols is 1. The molecule has 2 heterocycles. The number of ether oxygens (including phenoxy) is 3. The third-order valence-electron chi connectivity index (χ3n) is 6.19. The maximum absolute atomic E-state index is 13.9. The number of nitro benzene ring substituents is 1. The lowest BCUT2D eigenvalue weighted by Crippen LogP contribution is -2.40. The summed E-state index contributed by atoms with van der Waals surface area (Å²) in [6.07, 6.45) is 2.42. The summed E-state index contributed by atoms with van der Waals surface area (Å²) in [5.41, 5.74) is 0.229. The van der Waals surface area contributed by atoms with Crippen molar-refractivity contribution < 1.29 is 29.0 Å². The molecule has 1 aliphatic rings. The number of rotatable bonds is 9. The smallest absolute Gasteiger partial charge is 0.338 e. The Bertz CT molecular complexity index is 1710. The van der Waals surface area contributed by atoms with Crippen LogP contribution in [-0.4, -0.2) is 41.4 Å². The molecule has 13 heteroatoms. The van der Waals surface area contributed by atoms with Gasteiger partial charge in [0.05, 0.1) is 47.6 Å². The number of nitro groups is 1. The predicted octanol–water partition coefficient (Wildman–Crippen LogP) is 3.86. The Morgan fingerprint density at radius 1 is 1.23 bits per heavy atom. The maximum Gasteiger partial charge on any atom is 0.338 e. The van der Waals surface area contributed by atoms with Crippen LogP contribution in [0.25, 0.3) is 6.08 Å². The van der Waals surface area contributed by atoms with Crippen molar-refractivity contribution in [1.82, 2.24) is 4.57 Å². The largest absolute Gasteiger partial charge is 0.504 e. The van der Waals surface area contributed by atoms with E-state index in [1.165, 1.54) is 24.9 Å². The fourth-order valence-corrected chi connectivity index (χ4v) is 5.65. The SMILES string of the molecule is CCCC1=C(C(=O)OCC)[C@H](c2cc(Cl)ccc2OC)n2c(s/c(=C\c3cc([N+](=O)[O-])cc(OC)c3O)c2=O)=N1. The van der Waals surface area contributed by atoms with Gasteiger partial charge in [0.15, 0.2) is 16.3 Å². The molecule has 1 aliphatic heterocycles. The van der Waals surface area contributed by atoms with Gasteiger partial charge in [0.25, 0.3) is 11.2 Å². The molecule has 0 bridgehead atoms. The predicted molar refractivity (Wildman–Crippen MR) is 149 cm³/mol. The van der Waals surface area contributed by atoms with Crippen LogP contribution in [0.2, 0.25) is 5.02 Å². The first-order chi connectivity index (χ1) is 19.1. The van der Waals surface area contributed by atoms with Crippen LogP contribution in [0.15, 0.2) is 51.4 Å². The Labute approximate surface area is 237 Å². The second-order valence-electron chi connectivity index (χ2n) is 8.64. The molecule has 3 aromatic rings. The van der Waals surface area contributed by atoms with Crippen LogP contribution in [0.1, 0.15) is 43.9 Å². The highest BCUT2D eigenvalue weighted by molar-refractivity contribution is 7.07. The van der Waals surface area contributed by atoms with E-state index in [-0.39, 0.29) is 44.3 Å². The van der Waals surface area contributed by atoms with Crippen molar-refractivity contribution in [2.24, 2.45) is 4.99 Å². The molecule has 0 unspecified atom stereocenters. The topological polar surface area (TPSA) is 142 Å². The fraction of sp³-hybridized carbons (Fsp3) is 0.296. The maximum atomic E-state index is 13.9. The normalized spacial score (nSPS) is 14.9. The molecule has 4 rings (SSSR count). The summed E-state index contributed by atoms with van der Waals surface area (Å²) in [5, 5.41) is 22.5. The number of esters is 1. The molecule has 0 saturated heterocycles. The molecule has 11 nitrogen and oxygen atoms in total. The third kappa shape index (κ3) is 5.32. The summed E-state index contributed by atoms with van der Waals surface area (Å²) in [6.45, 7) is 3.73. The van der Waals surface area contributed by atoms with Gasteiger partial charge in [0.2, 0.25) is 0 Å². The molecule has 0 radical (unpaired) electrons. The molecule has 0 spiro atoms. The van der Waals surface area contributed by atoms with Crippen molar-refractivity contribution in [1.29, 1.82) is 0 Å². The van der Waals surface area contributed by atoms with Gasteiger partial charge >= 0.3 is 5.97 Å². The Morgan fingerprint density at radius 2 is 1.95 bits per heavy atom. The van der Waals surface area contributed by atoms with E-state index < -0.39 is 22.5 Å². The lowest BCUT2D eigenvalue weighted by Gasteiger charge is -2.27. The molecule has 0 saturated carbocycles. The van der Waals surface area contributed by atoms with Crippen molar-refractivity contribution >= 4 is 40.7 Å². The van der Waals surface area contributed by atoms with E-state index in [9.17, 15) is 24.8 Å². The number of allylic oxidation sites excluding steroid dienone is 1. The van der Waals surface area contributed by atoms with Gasteiger partial charge in [-0.25, -0.2) is 9.79 Å². The van der Waals surface area contributed by atoms with Crippen molar-refractivity contribution in [2.75, 3.05) is 20.8 Å². The average Bonchev–Trinajstić information content (AvgIpc) is 3.23. The zero-order valence-corrected chi connectivity index (χ0v) is 23.7. The number of methoxy groups -OCH3 is 2. The summed E-state index contributed by atoms with van der Waals surface area (Å²) < 4.78 is 17.5. The Morgan fingerprint density at radius 3 is 2.58 bits per heavy atom. The minimum absolute atomic E-state index is 0.00610. The minimum atomic E-state index is -0.985. The Balaban J connectivity index is 2.08. The van der Waals surface area contributed by atoms with E-state index in [0.717, 1.165) is 23.5 Å². The third-order valence-corrected chi connectivity index (χ3v) is 7.40. The lowest BCUT2D eigenvalue weighted by atomic mass is 9.93. The number of carbonyl (C=O) groups is 1. The minimum Gasteiger partial charge on any atom is -0.504 e. The second-order valence-corrected chi connectivity index (χ2v) is 10.1. The van der Waals surface area contributed by atoms with E-state index >= 15 is 0 Å². The number of hydrogen-bond donors (Lipinski definition) is 1. The van der Waals surface area contributed by atoms with Gasteiger partial charge in [-0.05, 0) is 37.6 Å². The summed E-state index contributed by atoms with van der Waals surface area (Å²) in [5.74, 6) is -0.725. The molecular weight excluding hydrogens is 562 g/mol. The van der Waals surface area contributed by atoms with Crippen LogP contribution in [0, 0.1) is 10.1 Å². The van der Waals surface area contributed by atoms with Gasteiger partial charge in [-0.2, -0.15) is 0 Å². The van der Waals surface area contributed by atoms with Crippen molar-refractivity contribution in [2.45, 2.75) is 32.7 Å².